The van der Waals surface area contributed by atoms with Crippen LogP contribution in [0.25, 0.3) is 22.4 Å². The summed E-state index contributed by atoms with van der Waals surface area (Å²) in [6, 6.07) is 16.5. The molecule has 0 saturated carbocycles. The third-order valence-electron chi connectivity index (χ3n) is 4.97. The van der Waals surface area contributed by atoms with Crippen molar-refractivity contribution in [1.29, 1.82) is 0 Å². The Morgan fingerprint density at radius 3 is 2.28 bits per heavy atom. The number of H-pyrrole nitrogens is 1. The van der Waals surface area contributed by atoms with Crippen LogP contribution >= 0.6 is 11.6 Å². The molecule has 0 fully saturated rings. The number of halogens is 1. The standard InChI is InChI=1S/C24H22ClN3O4/c1-30-20-10-14(11-21(31-2)23(20)32-3)12-22(29)26-17-8-9-18-19(13-17)28-24(27-18)15-4-6-16(25)7-5-15/h4-11,13H,12H2,1-3H3,(H,26,29)(H,27,28). The molecule has 1 aromatic heterocycles. The van der Waals surface area contributed by atoms with Gasteiger partial charge in [-0.05, 0) is 60.2 Å². The first-order valence-corrected chi connectivity index (χ1v) is 10.2. The first kappa shape index (κ1) is 21.5. The summed E-state index contributed by atoms with van der Waals surface area (Å²) in [4.78, 5) is 20.6. The second-order valence-electron chi connectivity index (χ2n) is 7.08. The highest BCUT2D eigenvalue weighted by Gasteiger charge is 2.15. The number of amides is 1. The summed E-state index contributed by atoms with van der Waals surface area (Å²) in [5.74, 6) is 2.06. The van der Waals surface area contributed by atoms with Gasteiger partial charge in [0, 0.05) is 16.3 Å². The lowest BCUT2D eigenvalue weighted by Crippen LogP contribution is -2.14. The van der Waals surface area contributed by atoms with Crippen LogP contribution in [0.2, 0.25) is 5.02 Å². The second kappa shape index (κ2) is 9.20. The molecule has 1 heterocycles. The number of anilines is 1. The number of rotatable bonds is 7. The lowest BCUT2D eigenvalue weighted by atomic mass is 10.1. The van der Waals surface area contributed by atoms with Gasteiger partial charge in [0.05, 0.1) is 38.8 Å². The molecule has 0 spiro atoms. The molecule has 7 nitrogen and oxygen atoms in total. The molecular formula is C24H22ClN3O4. The Hall–Kier alpha value is -3.71. The van der Waals surface area contributed by atoms with Crippen LogP contribution in [0, 0.1) is 0 Å². The first-order chi connectivity index (χ1) is 15.5. The van der Waals surface area contributed by atoms with E-state index in [-0.39, 0.29) is 12.3 Å². The molecule has 1 amide bonds. The Morgan fingerprint density at radius 1 is 0.969 bits per heavy atom. The van der Waals surface area contributed by atoms with Gasteiger partial charge < -0.3 is 24.5 Å². The van der Waals surface area contributed by atoms with Gasteiger partial charge in [-0.15, -0.1) is 0 Å². The molecule has 0 unspecified atom stereocenters. The van der Waals surface area contributed by atoms with Gasteiger partial charge in [0.25, 0.3) is 0 Å². The molecule has 8 heteroatoms. The number of methoxy groups -OCH3 is 3. The number of benzene rings is 3. The van der Waals surface area contributed by atoms with E-state index in [0.717, 1.165) is 28.0 Å². The molecule has 0 aliphatic heterocycles. The minimum absolute atomic E-state index is 0.147. The summed E-state index contributed by atoms with van der Waals surface area (Å²) in [6.07, 6.45) is 0.147. The van der Waals surface area contributed by atoms with Gasteiger partial charge >= 0.3 is 0 Å². The Balaban J connectivity index is 1.52. The van der Waals surface area contributed by atoms with Crippen molar-refractivity contribution >= 4 is 34.2 Å². The zero-order chi connectivity index (χ0) is 22.7. The molecule has 0 saturated heterocycles. The first-order valence-electron chi connectivity index (χ1n) is 9.85. The largest absolute Gasteiger partial charge is 0.493 e. The summed E-state index contributed by atoms with van der Waals surface area (Å²) in [6.45, 7) is 0. The average Bonchev–Trinajstić information content (AvgIpc) is 3.22. The van der Waals surface area contributed by atoms with E-state index in [1.807, 2.05) is 42.5 Å². The Labute approximate surface area is 190 Å². The van der Waals surface area contributed by atoms with Crippen molar-refractivity contribution in [3.8, 4) is 28.6 Å². The number of nitrogens with one attached hydrogen (secondary N) is 2. The molecule has 0 radical (unpaired) electrons. The van der Waals surface area contributed by atoms with Gasteiger partial charge in [0.2, 0.25) is 11.7 Å². The van der Waals surface area contributed by atoms with Crippen molar-refractivity contribution in [3.05, 3.63) is 65.2 Å². The molecule has 0 aliphatic carbocycles. The number of aromatic amines is 1. The number of carbonyl (C=O) groups is 1. The van der Waals surface area contributed by atoms with Crippen LogP contribution in [-0.4, -0.2) is 37.2 Å². The number of ether oxygens (including phenoxy) is 3. The van der Waals surface area contributed by atoms with E-state index in [9.17, 15) is 4.79 Å². The summed E-state index contributed by atoms with van der Waals surface area (Å²) in [5, 5.41) is 3.59. The van der Waals surface area contributed by atoms with Crippen molar-refractivity contribution in [2.75, 3.05) is 26.6 Å². The molecule has 4 aromatic rings. The minimum Gasteiger partial charge on any atom is -0.493 e. The maximum absolute atomic E-state index is 12.7. The highest BCUT2D eigenvalue weighted by atomic mass is 35.5. The monoisotopic (exact) mass is 451 g/mol. The van der Waals surface area contributed by atoms with Gasteiger partial charge in [0.1, 0.15) is 5.82 Å². The van der Waals surface area contributed by atoms with E-state index < -0.39 is 0 Å². The highest BCUT2D eigenvalue weighted by molar-refractivity contribution is 6.30. The van der Waals surface area contributed by atoms with Crippen molar-refractivity contribution < 1.29 is 19.0 Å². The summed E-state index contributed by atoms with van der Waals surface area (Å²) >= 11 is 5.96. The topological polar surface area (TPSA) is 85.5 Å². The summed E-state index contributed by atoms with van der Waals surface area (Å²) in [7, 11) is 4.62. The Kier molecular flexibility index (Phi) is 6.18. The van der Waals surface area contributed by atoms with E-state index in [1.54, 1.807) is 26.4 Å². The number of hydrogen-bond acceptors (Lipinski definition) is 5. The van der Waals surface area contributed by atoms with Crippen LogP contribution in [0.3, 0.4) is 0 Å². The molecule has 32 heavy (non-hydrogen) atoms. The zero-order valence-electron chi connectivity index (χ0n) is 17.9. The molecule has 2 N–H and O–H groups in total. The van der Waals surface area contributed by atoms with E-state index in [0.29, 0.717) is 28.0 Å². The molecule has 0 atom stereocenters. The van der Waals surface area contributed by atoms with Crippen molar-refractivity contribution in [2.24, 2.45) is 0 Å². The van der Waals surface area contributed by atoms with Crippen molar-refractivity contribution in [3.63, 3.8) is 0 Å². The van der Waals surface area contributed by atoms with Gasteiger partial charge in [-0.25, -0.2) is 4.98 Å². The van der Waals surface area contributed by atoms with Gasteiger partial charge in [0.15, 0.2) is 11.5 Å². The van der Waals surface area contributed by atoms with Gasteiger partial charge in [-0.2, -0.15) is 0 Å². The Morgan fingerprint density at radius 2 is 1.66 bits per heavy atom. The van der Waals surface area contributed by atoms with Gasteiger partial charge in [-0.1, -0.05) is 11.6 Å². The smallest absolute Gasteiger partial charge is 0.228 e. The fraction of sp³-hybridized carbons (Fsp3) is 0.167. The number of carbonyl (C=O) groups excluding carboxylic acids is 1. The zero-order valence-corrected chi connectivity index (χ0v) is 18.6. The fourth-order valence-electron chi connectivity index (χ4n) is 3.46. The summed E-state index contributed by atoms with van der Waals surface area (Å²) in [5.41, 5.74) is 3.96. The third-order valence-corrected chi connectivity index (χ3v) is 5.22. The van der Waals surface area contributed by atoms with Crippen LogP contribution in [-0.2, 0) is 11.2 Å². The fourth-order valence-corrected chi connectivity index (χ4v) is 3.59. The van der Waals surface area contributed by atoms with E-state index >= 15 is 0 Å². The lowest BCUT2D eigenvalue weighted by molar-refractivity contribution is -0.115. The molecule has 0 aliphatic rings. The normalized spacial score (nSPS) is 10.8. The van der Waals surface area contributed by atoms with E-state index in [2.05, 4.69) is 15.3 Å². The maximum Gasteiger partial charge on any atom is 0.228 e. The number of aromatic nitrogens is 2. The summed E-state index contributed by atoms with van der Waals surface area (Å²) < 4.78 is 16.0. The molecule has 0 bridgehead atoms. The lowest BCUT2D eigenvalue weighted by Gasteiger charge is -2.14. The quantitative estimate of drug-likeness (QED) is 0.408. The molecule has 4 rings (SSSR count). The third kappa shape index (κ3) is 4.48. The Bertz CT molecular complexity index is 1240. The minimum atomic E-state index is -0.170. The molecule has 164 valence electrons. The predicted molar refractivity (Wildman–Crippen MR) is 125 cm³/mol. The predicted octanol–water partition coefficient (Wildman–Crippen LogP) is 5.09. The maximum atomic E-state index is 12.7. The molecule has 3 aromatic carbocycles. The van der Waals surface area contributed by atoms with Crippen LogP contribution in [0.15, 0.2) is 54.6 Å². The van der Waals surface area contributed by atoms with Crippen LogP contribution in [0.5, 0.6) is 17.2 Å². The number of fused-ring (bicyclic) bond motifs is 1. The van der Waals surface area contributed by atoms with Crippen LogP contribution in [0.4, 0.5) is 5.69 Å². The SMILES string of the molecule is COc1cc(CC(=O)Nc2ccc3nc(-c4ccc(Cl)cc4)[nH]c3c2)cc(OC)c1OC. The highest BCUT2D eigenvalue weighted by Crippen LogP contribution is 2.38. The van der Waals surface area contributed by atoms with Crippen molar-refractivity contribution in [2.45, 2.75) is 6.42 Å². The van der Waals surface area contributed by atoms with Gasteiger partial charge in [-0.3, -0.25) is 4.79 Å². The van der Waals surface area contributed by atoms with E-state index in [4.69, 9.17) is 25.8 Å². The molecular weight excluding hydrogens is 430 g/mol. The van der Waals surface area contributed by atoms with Crippen LogP contribution < -0.4 is 19.5 Å². The number of imidazole rings is 1. The average molecular weight is 452 g/mol. The van der Waals surface area contributed by atoms with Crippen molar-refractivity contribution in [1.82, 2.24) is 9.97 Å². The van der Waals surface area contributed by atoms with Crippen LogP contribution in [0.1, 0.15) is 5.56 Å². The number of hydrogen-bond donors (Lipinski definition) is 2. The second-order valence-corrected chi connectivity index (χ2v) is 7.52. The number of nitrogens with zero attached hydrogens (tertiary/aromatic N) is 1. The van der Waals surface area contributed by atoms with E-state index in [1.165, 1.54) is 7.11 Å².